The van der Waals surface area contributed by atoms with E-state index in [0.29, 0.717) is 0 Å². The van der Waals surface area contributed by atoms with E-state index < -0.39 is 0 Å². The Hall–Kier alpha value is -1.58. The first-order valence-corrected chi connectivity index (χ1v) is 7.06. The molecule has 0 atom stereocenters. The van der Waals surface area contributed by atoms with E-state index in [1.165, 1.54) is 0 Å². The molecule has 106 valence electrons. The number of benzene rings is 1. The van der Waals surface area contributed by atoms with Crippen molar-refractivity contribution in [2.24, 2.45) is 0 Å². The Morgan fingerprint density at radius 2 is 2.00 bits per heavy atom. The Balaban J connectivity index is 2.22. The van der Waals surface area contributed by atoms with Gasteiger partial charge < -0.3 is 10.0 Å². The molecule has 0 fully saturated rings. The molecule has 0 aliphatic carbocycles. The van der Waals surface area contributed by atoms with E-state index in [1.807, 2.05) is 43.4 Å². The van der Waals surface area contributed by atoms with Gasteiger partial charge in [-0.1, -0.05) is 30.7 Å². The van der Waals surface area contributed by atoms with Gasteiger partial charge in [-0.3, -0.25) is 0 Å². The predicted molar refractivity (Wildman–Crippen MR) is 83.1 cm³/mol. The third-order valence-electron chi connectivity index (χ3n) is 3.17. The van der Waals surface area contributed by atoms with E-state index in [4.69, 9.17) is 11.6 Å². The SMILES string of the molecule is CCc1cc(CO)cc(N(C)Cc2cccc(Cl)c2)n1. The van der Waals surface area contributed by atoms with Gasteiger partial charge in [0.2, 0.25) is 0 Å². The molecule has 1 heterocycles. The number of rotatable bonds is 5. The first kappa shape index (κ1) is 14.8. The van der Waals surface area contributed by atoms with Crippen molar-refractivity contribution in [1.29, 1.82) is 0 Å². The normalized spacial score (nSPS) is 10.6. The summed E-state index contributed by atoms with van der Waals surface area (Å²) < 4.78 is 0. The summed E-state index contributed by atoms with van der Waals surface area (Å²) in [5.74, 6) is 0.869. The van der Waals surface area contributed by atoms with Gasteiger partial charge in [-0.05, 0) is 41.8 Å². The lowest BCUT2D eigenvalue weighted by Gasteiger charge is -2.20. The number of hydrogen-bond donors (Lipinski definition) is 1. The molecule has 0 spiro atoms. The molecule has 0 aliphatic rings. The fourth-order valence-electron chi connectivity index (χ4n) is 2.09. The van der Waals surface area contributed by atoms with Crippen molar-refractivity contribution < 1.29 is 5.11 Å². The van der Waals surface area contributed by atoms with Crippen LogP contribution in [0.25, 0.3) is 0 Å². The molecule has 1 N–H and O–H groups in total. The van der Waals surface area contributed by atoms with Crippen LogP contribution >= 0.6 is 11.6 Å². The van der Waals surface area contributed by atoms with Gasteiger partial charge in [0, 0.05) is 24.3 Å². The number of aliphatic hydroxyl groups is 1. The number of nitrogens with zero attached hydrogens (tertiary/aromatic N) is 2. The van der Waals surface area contributed by atoms with Crippen LogP contribution in [-0.4, -0.2) is 17.1 Å². The van der Waals surface area contributed by atoms with Crippen LogP contribution in [0.3, 0.4) is 0 Å². The maximum atomic E-state index is 9.33. The first-order chi connectivity index (χ1) is 9.62. The van der Waals surface area contributed by atoms with Crippen LogP contribution in [0, 0.1) is 0 Å². The quantitative estimate of drug-likeness (QED) is 0.916. The minimum atomic E-state index is 0.0352. The highest BCUT2D eigenvalue weighted by Crippen LogP contribution is 2.18. The third kappa shape index (κ3) is 3.71. The molecule has 0 unspecified atom stereocenters. The fraction of sp³-hybridized carbons (Fsp3) is 0.312. The Morgan fingerprint density at radius 1 is 1.20 bits per heavy atom. The summed E-state index contributed by atoms with van der Waals surface area (Å²) >= 11 is 6.00. The van der Waals surface area contributed by atoms with Crippen molar-refractivity contribution >= 4 is 17.4 Å². The Kier molecular flexibility index (Phi) is 4.99. The van der Waals surface area contributed by atoms with Gasteiger partial charge in [0.1, 0.15) is 5.82 Å². The number of aromatic nitrogens is 1. The Bertz CT molecular complexity index is 564. The highest BCUT2D eigenvalue weighted by atomic mass is 35.5. The first-order valence-electron chi connectivity index (χ1n) is 6.68. The van der Waals surface area contributed by atoms with E-state index in [0.717, 1.165) is 40.6 Å². The van der Waals surface area contributed by atoms with Crippen LogP contribution in [0.15, 0.2) is 36.4 Å². The summed E-state index contributed by atoms with van der Waals surface area (Å²) in [5, 5.41) is 10.1. The number of hydrogen-bond acceptors (Lipinski definition) is 3. The Morgan fingerprint density at radius 3 is 2.65 bits per heavy atom. The van der Waals surface area contributed by atoms with Gasteiger partial charge in [0.25, 0.3) is 0 Å². The van der Waals surface area contributed by atoms with Gasteiger partial charge in [0.15, 0.2) is 0 Å². The number of anilines is 1. The number of halogens is 1. The van der Waals surface area contributed by atoms with Gasteiger partial charge in [-0.2, -0.15) is 0 Å². The van der Waals surface area contributed by atoms with Crippen LogP contribution in [-0.2, 0) is 19.6 Å². The van der Waals surface area contributed by atoms with Crippen LogP contribution in [0.2, 0.25) is 5.02 Å². The van der Waals surface area contributed by atoms with E-state index in [-0.39, 0.29) is 6.61 Å². The maximum Gasteiger partial charge on any atom is 0.129 e. The number of aryl methyl sites for hydroxylation is 1. The summed E-state index contributed by atoms with van der Waals surface area (Å²) in [7, 11) is 1.99. The molecule has 0 bridgehead atoms. The van der Waals surface area contributed by atoms with Crippen LogP contribution in [0.5, 0.6) is 0 Å². The van der Waals surface area contributed by atoms with Crippen molar-refractivity contribution in [3.05, 3.63) is 58.2 Å². The molecule has 1 aromatic heterocycles. The van der Waals surface area contributed by atoms with Crippen LogP contribution in [0.1, 0.15) is 23.7 Å². The molecule has 0 aliphatic heterocycles. The average molecular weight is 291 g/mol. The smallest absolute Gasteiger partial charge is 0.129 e. The van der Waals surface area contributed by atoms with Crippen molar-refractivity contribution in [1.82, 2.24) is 4.98 Å². The molecule has 0 saturated carbocycles. The summed E-state index contributed by atoms with van der Waals surface area (Å²) in [6, 6.07) is 11.7. The minimum Gasteiger partial charge on any atom is -0.392 e. The lowest BCUT2D eigenvalue weighted by atomic mass is 10.2. The molecule has 20 heavy (non-hydrogen) atoms. The minimum absolute atomic E-state index is 0.0352. The molecule has 4 heteroatoms. The van der Waals surface area contributed by atoms with E-state index >= 15 is 0 Å². The van der Waals surface area contributed by atoms with Crippen LogP contribution in [0.4, 0.5) is 5.82 Å². The number of pyridine rings is 1. The summed E-state index contributed by atoms with van der Waals surface area (Å²) in [6.45, 7) is 2.82. The van der Waals surface area contributed by atoms with Gasteiger partial charge in [0.05, 0.1) is 6.61 Å². The summed E-state index contributed by atoms with van der Waals surface area (Å²) in [4.78, 5) is 6.66. The third-order valence-corrected chi connectivity index (χ3v) is 3.40. The monoisotopic (exact) mass is 290 g/mol. The average Bonchev–Trinajstić information content (AvgIpc) is 2.46. The second-order valence-electron chi connectivity index (χ2n) is 4.82. The molecular formula is C16H19ClN2O. The fourth-order valence-corrected chi connectivity index (χ4v) is 2.30. The van der Waals surface area contributed by atoms with Crippen molar-refractivity contribution in [2.75, 3.05) is 11.9 Å². The molecule has 3 nitrogen and oxygen atoms in total. The molecule has 2 aromatic rings. The molecule has 0 amide bonds. The lowest BCUT2D eigenvalue weighted by Crippen LogP contribution is -2.18. The zero-order valence-corrected chi connectivity index (χ0v) is 12.6. The lowest BCUT2D eigenvalue weighted by molar-refractivity contribution is 0.281. The van der Waals surface area contributed by atoms with Crippen molar-refractivity contribution in [3.63, 3.8) is 0 Å². The largest absolute Gasteiger partial charge is 0.392 e. The zero-order valence-electron chi connectivity index (χ0n) is 11.8. The van der Waals surface area contributed by atoms with Gasteiger partial charge in [-0.15, -0.1) is 0 Å². The van der Waals surface area contributed by atoms with E-state index in [2.05, 4.69) is 16.8 Å². The highest BCUT2D eigenvalue weighted by Gasteiger charge is 2.07. The zero-order chi connectivity index (χ0) is 14.5. The van der Waals surface area contributed by atoms with Crippen LogP contribution < -0.4 is 4.90 Å². The van der Waals surface area contributed by atoms with E-state index in [1.54, 1.807) is 0 Å². The highest BCUT2D eigenvalue weighted by molar-refractivity contribution is 6.30. The molecule has 1 aromatic carbocycles. The van der Waals surface area contributed by atoms with Gasteiger partial charge >= 0.3 is 0 Å². The van der Waals surface area contributed by atoms with Crippen molar-refractivity contribution in [2.45, 2.75) is 26.5 Å². The predicted octanol–water partition coefficient (Wildman–Crippen LogP) is 3.43. The summed E-state index contributed by atoms with van der Waals surface area (Å²) in [5.41, 5.74) is 3.02. The van der Waals surface area contributed by atoms with E-state index in [9.17, 15) is 5.11 Å². The van der Waals surface area contributed by atoms with Crippen molar-refractivity contribution in [3.8, 4) is 0 Å². The molecule has 2 rings (SSSR count). The van der Waals surface area contributed by atoms with Gasteiger partial charge in [-0.25, -0.2) is 4.98 Å². The second-order valence-corrected chi connectivity index (χ2v) is 5.26. The molecule has 0 saturated heterocycles. The number of aliphatic hydroxyl groups excluding tert-OH is 1. The Labute approximate surface area is 124 Å². The molecular weight excluding hydrogens is 272 g/mol. The standard InChI is InChI=1S/C16H19ClN2O/c1-3-15-8-13(11-20)9-16(18-15)19(2)10-12-5-4-6-14(17)7-12/h4-9,20H,3,10-11H2,1-2H3. The summed E-state index contributed by atoms with van der Waals surface area (Å²) in [6.07, 6.45) is 0.853. The molecule has 0 radical (unpaired) electrons. The second kappa shape index (κ2) is 6.73. The maximum absolute atomic E-state index is 9.33. The topological polar surface area (TPSA) is 36.4 Å².